The second-order valence-electron chi connectivity index (χ2n) is 4.84. The molecule has 21 heavy (non-hydrogen) atoms. The predicted molar refractivity (Wildman–Crippen MR) is 83.0 cm³/mol. The summed E-state index contributed by atoms with van der Waals surface area (Å²) in [4.78, 5) is 8.52. The van der Waals surface area contributed by atoms with Gasteiger partial charge >= 0.3 is 0 Å². The summed E-state index contributed by atoms with van der Waals surface area (Å²) < 4.78 is 13.1. The number of benzene rings is 2. The van der Waals surface area contributed by atoms with Crippen LogP contribution in [0.5, 0.6) is 0 Å². The second-order valence-corrected chi connectivity index (χ2v) is 5.25. The van der Waals surface area contributed by atoms with Crippen LogP contribution in [0.4, 0.5) is 10.2 Å². The lowest BCUT2D eigenvalue weighted by molar-refractivity contribution is 0.627. The smallest absolute Gasteiger partial charge is 0.141 e. The minimum absolute atomic E-state index is 0.123. The Morgan fingerprint density at radius 3 is 2.81 bits per heavy atom. The molecule has 0 aliphatic heterocycles. The maximum Gasteiger partial charge on any atom is 0.141 e. The topological polar surface area (TPSA) is 37.8 Å². The van der Waals surface area contributed by atoms with Gasteiger partial charge in [0.05, 0.1) is 10.5 Å². The summed E-state index contributed by atoms with van der Waals surface area (Å²) >= 11 is 5.78. The van der Waals surface area contributed by atoms with Crippen LogP contribution in [-0.2, 0) is 6.54 Å². The van der Waals surface area contributed by atoms with E-state index in [1.54, 1.807) is 12.1 Å². The van der Waals surface area contributed by atoms with E-state index in [9.17, 15) is 4.39 Å². The molecule has 1 N–H and O–H groups in total. The van der Waals surface area contributed by atoms with Gasteiger partial charge in [-0.3, -0.25) is 0 Å². The maximum atomic E-state index is 13.1. The lowest BCUT2D eigenvalue weighted by Gasteiger charge is -2.09. The molecule has 106 valence electrons. The molecule has 0 spiro atoms. The van der Waals surface area contributed by atoms with E-state index in [0.29, 0.717) is 6.54 Å². The van der Waals surface area contributed by atoms with E-state index in [0.717, 1.165) is 27.8 Å². The highest BCUT2D eigenvalue weighted by atomic mass is 35.5. The Balaban J connectivity index is 1.88. The molecule has 0 aliphatic rings. The molecular weight excluding hydrogens is 289 g/mol. The number of hydrogen-bond acceptors (Lipinski definition) is 3. The van der Waals surface area contributed by atoms with Crippen LogP contribution < -0.4 is 5.32 Å². The third-order valence-electron chi connectivity index (χ3n) is 3.23. The van der Waals surface area contributed by atoms with Gasteiger partial charge in [-0.25, -0.2) is 14.4 Å². The van der Waals surface area contributed by atoms with Gasteiger partial charge in [-0.05, 0) is 36.8 Å². The minimum atomic E-state index is -0.413. The molecule has 1 heterocycles. The highest BCUT2D eigenvalue weighted by Gasteiger charge is 2.05. The van der Waals surface area contributed by atoms with Crippen LogP contribution in [0.1, 0.15) is 11.1 Å². The van der Waals surface area contributed by atoms with Gasteiger partial charge in [0.15, 0.2) is 0 Å². The van der Waals surface area contributed by atoms with Gasteiger partial charge in [0.25, 0.3) is 0 Å². The van der Waals surface area contributed by atoms with Gasteiger partial charge in [-0.15, -0.1) is 0 Å². The lowest BCUT2D eigenvalue weighted by Crippen LogP contribution is -2.03. The van der Waals surface area contributed by atoms with Crippen LogP contribution in [0.15, 0.2) is 42.7 Å². The van der Waals surface area contributed by atoms with E-state index in [1.165, 1.54) is 12.4 Å². The summed E-state index contributed by atoms with van der Waals surface area (Å²) in [5, 5.41) is 4.33. The van der Waals surface area contributed by atoms with Crippen molar-refractivity contribution in [3.05, 3.63) is 64.7 Å². The summed E-state index contributed by atoms with van der Waals surface area (Å²) in [5.41, 5.74) is 2.92. The van der Waals surface area contributed by atoms with Gasteiger partial charge in [0, 0.05) is 11.9 Å². The van der Waals surface area contributed by atoms with Gasteiger partial charge in [-0.2, -0.15) is 0 Å². The van der Waals surface area contributed by atoms with Crippen molar-refractivity contribution in [1.82, 2.24) is 9.97 Å². The van der Waals surface area contributed by atoms with Crippen LogP contribution in [0.3, 0.4) is 0 Å². The largest absolute Gasteiger partial charge is 0.365 e. The first-order chi connectivity index (χ1) is 10.1. The molecule has 0 radical (unpaired) electrons. The van der Waals surface area contributed by atoms with Gasteiger partial charge < -0.3 is 5.32 Å². The van der Waals surface area contributed by atoms with Crippen molar-refractivity contribution in [2.45, 2.75) is 13.5 Å². The normalized spacial score (nSPS) is 10.8. The van der Waals surface area contributed by atoms with Crippen LogP contribution >= 0.6 is 11.6 Å². The molecule has 0 unspecified atom stereocenters. The molecule has 0 saturated carbocycles. The zero-order chi connectivity index (χ0) is 14.8. The van der Waals surface area contributed by atoms with Crippen molar-refractivity contribution in [3.8, 4) is 0 Å². The molecule has 0 saturated heterocycles. The second kappa shape index (κ2) is 5.66. The van der Waals surface area contributed by atoms with E-state index >= 15 is 0 Å². The molecular formula is C16H13ClFN3. The van der Waals surface area contributed by atoms with Crippen LogP contribution in [0.25, 0.3) is 10.9 Å². The Morgan fingerprint density at radius 2 is 2.00 bits per heavy atom. The quantitative estimate of drug-likeness (QED) is 0.782. The van der Waals surface area contributed by atoms with E-state index in [-0.39, 0.29) is 5.02 Å². The molecule has 3 rings (SSSR count). The number of aromatic nitrogens is 2. The zero-order valence-corrected chi connectivity index (χ0v) is 12.2. The van der Waals surface area contributed by atoms with Crippen molar-refractivity contribution in [3.63, 3.8) is 0 Å². The summed E-state index contributed by atoms with van der Waals surface area (Å²) in [6.45, 7) is 2.54. The molecule has 0 aliphatic carbocycles. The van der Waals surface area contributed by atoms with Crippen molar-refractivity contribution < 1.29 is 4.39 Å². The molecule has 5 heteroatoms. The number of fused-ring (bicyclic) bond motifs is 1. The SMILES string of the molecule is Cc1ccc2ncnc(NCc3ccc(F)c(Cl)c3)c2c1. The number of hydrogen-bond donors (Lipinski definition) is 1. The summed E-state index contributed by atoms with van der Waals surface area (Å²) in [6, 6.07) is 10.7. The standard InChI is InChI=1S/C16H13ClFN3/c1-10-2-5-15-12(6-10)16(21-9-20-15)19-8-11-3-4-14(18)13(17)7-11/h2-7,9H,8H2,1H3,(H,19,20,21). The highest BCUT2D eigenvalue weighted by Crippen LogP contribution is 2.22. The Hall–Kier alpha value is -2.20. The minimum Gasteiger partial charge on any atom is -0.365 e. The van der Waals surface area contributed by atoms with E-state index in [4.69, 9.17) is 11.6 Å². The summed E-state index contributed by atoms with van der Waals surface area (Å²) in [5.74, 6) is 0.340. The van der Waals surface area contributed by atoms with Crippen LogP contribution in [-0.4, -0.2) is 9.97 Å². The molecule has 0 amide bonds. The Morgan fingerprint density at radius 1 is 1.14 bits per heavy atom. The Bertz CT molecular complexity index is 805. The fraction of sp³-hybridized carbons (Fsp3) is 0.125. The molecule has 0 atom stereocenters. The summed E-state index contributed by atoms with van der Waals surface area (Å²) in [6.07, 6.45) is 1.53. The molecule has 0 bridgehead atoms. The highest BCUT2D eigenvalue weighted by molar-refractivity contribution is 6.30. The number of nitrogens with zero attached hydrogens (tertiary/aromatic N) is 2. The fourth-order valence-corrected chi connectivity index (χ4v) is 2.35. The predicted octanol–water partition coefficient (Wildman–Crippen LogP) is 4.34. The van der Waals surface area contributed by atoms with Gasteiger partial charge in [0.1, 0.15) is 18.0 Å². The third-order valence-corrected chi connectivity index (χ3v) is 3.52. The van der Waals surface area contributed by atoms with Crippen molar-refractivity contribution in [2.75, 3.05) is 5.32 Å². The number of aryl methyl sites for hydroxylation is 1. The number of nitrogens with one attached hydrogen (secondary N) is 1. The molecule has 3 aromatic rings. The maximum absolute atomic E-state index is 13.1. The van der Waals surface area contributed by atoms with Crippen molar-refractivity contribution in [2.24, 2.45) is 0 Å². The first-order valence-electron chi connectivity index (χ1n) is 6.52. The van der Waals surface area contributed by atoms with E-state index in [1.807, 2.05) is 25.1 Å². The Kier molecular flexibility index (Phi) is 3.71. The number of rotatable bonds is 3. The number of halogens is 2. The molecule has 1 aromatic heterocycles. The van der Waals surface area contributed by atoms with Gasteiger partial charge in [-0.1, -0.05) is 29.3 Å². The van der Waals surface area contributed by atoms with E-state index in [2.05, 4.69) is 15.3 Å². The first kappa shape index (κ1) is 13.8. The third kappa shape index (κ3) is 2.95. The monoisotopic (exact) mass is 301 g/mol. The molecule has 2 aromatic carbocycles. The van der Waals surface area contributed by atoms with Crippen molar-refractivity contribution >= 4 is 28.3 Å². The Labute approximate surface area is 126 Å². The lowest BCUT2D eigenvalue weighted by atomic mass is 10.1. The summed E-state index contributed by atoms with van der Waals surface area (Å²) in [7, 11) is 0. The molecule has 0 fully saturated rings. The van der Waals surface area contributed by atoms with Gasteiger partial charge in [0.2, 0.25) is 0 Å². The first-order valence-corrected chi connectivity index (χ1v) is 6.90. The number of anilines is 1. The van der Waals surface area contributed by atoms with E-state index < -0.39 is 5.82 Å². The average Bonchev–Trinajstić information content (AvgIpc) is 2.48. The average molecular weight is 302 g/mol. The van der Waals surface area contributed by atoms with Crippen molar-refractivity contribution in [1.29, 1.82) is 0 Å². The van der Waals surface area contributed by atoms with Crippen LogP contribution in [0, 0.1) is 12.7 Å². The fourth-order valence-electron chi connectivity index (χ4n) is 2.15. The zero-order valence-electron chi connectivity index (χ0n) is 11.4. The van der Waals surface area contributed by atoms with Crippen LogP contribution in [0.2, 0.25) is 5.02 Å². The molecule has 3 nitrogen and oxygen atoms in total.